The minimum Gasteiger partial charge on any atom is -0.469 e. The van der Waals surface area contributed by atoms with Crippen molar-refractivity contribution in [2.75, 3.05) is 28.4 Å². The Morgan fingerprint density at radius 1 is 0.720 bits per heavy atom. The lowest BCUT2D eigenvalue weighted by atomic mass is 9.73. The number of amides is 2. The fourth-order valence-electron chi connectivity index (χ4n) is 4.65. The molecule has 1 rings (SSSR count). The van der Waals surface area contributed by atoms with Gasteiger partial charge in [0.2, 0.25) is 11.8 Å². The molecule has 1 saturated carbocycles. The number of allylic oxidation sites excluding steroid dienone is 1. The molecular formula is C36H62N2O12. The van der Waals surface area contributed by atoms with Gasteiger partial charge in [0.1, 0.15) is 17.6 Å². The van der Waals surface area contributed by atoms with Gasteiger partial charge in [-0.3, -0.25) is 33.6 Å². The molecule has 3 unspecified atom stereocenters. The lowest BCUT2D eigenvalue weighted by molar-refractivity contribution is -0.148. The molecule has 14 heteroatoms. The Balaban J connectivity index is -0.000000761. The van der Waals surface area contributed by atoms with E-state index in [0.29, 0.717) is 32.1 Å². The van der Waals surface area contributed by atoms with Crippen LogP contribution in [0.25, 0.3) is 0 Å². The first-order valence-corrected chi connectivity index (χ1v) is 17.0. The number of ether oxygens (including phenoxy) is 4. The Labute approximate surface area is 297 Å². The maximum absolute atomic E-state index is 12.6. The Hall–Kier alpha value is -4.10. The monoisotopic (exact) mass is 714 g/mol. The van der Waals surface area contributed by atoms with Gasteiger partial charge in [-0.2, -0.15) is 0 Å². The van der Waals surface area contributed by atoms with Crippen molar-refractivity contribution in [1.29, 1.82) is 0 Å². The Morgan fingerprint density at radius 3 is 1.66 bits per heavy atom. The van der Waals surface area contributed by atoms with Crippen molar-refractivity contribution in [3.05, 3.63) is 12.2 Å². The molecule has 0 aromatic heterocycles. The molecule has 0 heterocycles. The number of Topliss-reactive ketones (excluding diaryl/α,β-unsaturated/α-hetero) is 2. The number of methoxy groups -OCH3 is 4. The van der Waals surface area contributed by atoms with Gasteiger partial charge in [-0.25, -0.2) is 4.79 Å². The van der Waals surface area contributed by atoms with Crippen molar-refractivity contribution < 1.29 is 57.3 Å². The molecule has 5 atom stereocenters. The molecule has 1 fully saturated rings. The summed E-state index contributed by atoms with van der Waals surface area (Å²) >= 11 is 0. The Kier molecular flexibility index (Phi) is 30.0. The lowest BCUT2D eigenvalue weighted by Gasteiger charge is -2.32. The first-order valence-electron chi connectivity index (χ1n) is 17.0. The molecule has 0 aliphatic heterocycles. The molecule has 3 N–H and O–H groups in total. The van der Waals surface area contributed by atoms with Crippen LogP contribution in [0.2, 0.25) is 0 Å². The number of carbonyl (C=O) groups is 8. The minimum absolute atomic E-state index is 0.0210. The molecule has 0 saturated heterocycles. The number of ketones is 2. The van der Waals surface area contributed by atoms with E-state index in [-0.39, 0.29) is 55.1 Å². The van der Waals surface area contributed by atoms with Crippen LogP contribution in [0.3, 0.4) is 0 Å². The van der Waals surface area contributed by atoms with E-state index in [0.717, 1.165) is 18.4 Å². The topological polar surface area (TPSA) is 212 Å². The van der Waals surface area contributed by atoms with Crippen LogP contribution < -0.4 is 11.1 Å². The smallest absolute Gasteiger partial charge is 0.328 e. The summed E-state index contributed by atoms with van der Waals surface area (Å²) in [5.41, 5.74) is 6.47. The number of nitrogens with one attached hydrogen (secondary N) is 1. The summed E-state index contributed by atoms with van der Waals surface area (Å²) in [7, 11) is 5.17. The highest BCUT2D eigenvalue weighted by molar-refractivity contribution is 5.88. The average molecular weight is 715 g/mol. The summed E-state index contributed by atoms with van der Waals surface area (Å²) < 4.78 is 18.2. The second-order valence-corrected chi connectivity index (χ2v) is 11.8. The summed E-state index contributed by atoms with van der Waals surface area (Å²) in [6, 6.07) is -1.02. The standard InChI is InChI=1S/C17H26N2O7.C9H16O3.C8H14O2.C2H6/c1-9(20)10-6-11(15(18)22)8-12(7-10)16(23)19-13(17(24)26-3)4-5-14(21)25-2;1-4-8(10)6-5-7(2)9(11)12-3;1-7(2)5-4-6-8(9)10-3;1-2/h10-13H,4-8H2,1-3H3,(H2,18,22)(H,19,23);7H,4-6H2,1-3H3;1,4-6H2,2-3H3;1-2H3/t10?,11?,12?,13-;7-;;/m00../s1. The molecule has 50 heavy (non-hydrogen) atoms. The van der Waals surface area contributed by atoms with E-state index < -0.39 is 47.5 Å². The van der Waals surface area contributed by atoms with Gasteiger partial charge in [-0.1, -0.05) is 33.3 Å². The fourth-order valence-corrected chi connectivity index (χ4v) is 4.65. The van der Waals surface area contributed by atoms with Crippen LogP contribution in [0.15, 0.2) is 12.2 Å². The van der Waals surface area contributed by atoms with Gasteiger partial charge >= 0.3 is 23.9 Å². The summed E-state index contributed by atoms with van der Waals surface area (Å²) in [5.74, 6) is -4.29. The molecule has 0 bridgehead atoms. The summed E-state index contributed by atoms with van der Waals surface area (Å²) in [5, 5.41) is 2.55. The van der Waals surface area contributed by atoms with Gasteiger partial charge in [-0.15, -0.1) is 6.58 Å². The summed E-state index contributed by atoms with van der Waals surface area (Å²) in [6.07, 6.45) is 4.68. The molecule has 1 aliphatic rings. The van der Waals surface area contributed by atoms with E-state index in [4.69, 9.17) is 5.73 Å². The predicted molar refractivity (Wildman–Crippen MR) is 187 cm³/mol. The van der Waals surface area contributed by atoms with Crippen LogP contribution >= 0.6 is 0 Å². The van der Waals surface area contributed by atoms with Crippen molar-refractivity contribution in [2.24, 2.45) is 29.4 Å². The van der Waals surface area contributed by atoms with Gasteiger partial charge in [0.25, 0.3) is 0 Å². The van der Waals surface area contributed by atoms with E-state index in [1.165, 1.54) is 35.4 Å². The van der Waals surface area contributed by atoms with Crippen LogP contribution in [0.1, 0.15) is 112 Å². The summed E-state index contributed by atoms with van der Waals surface area (Å²) in [4.78, 5) is 91.3. The molecule has 288 valence electrons. The zero-order valence-corrected chi connectivity index (χ0v) is 31.8. The number of nitrogens with two attached hydrogens (primary N) is 1. The van der Waals surface area contributed by atoms with E-state index >= 15 is 0 Å². The molecule has 14 nitrogen and oxygen atoms in total. The normalized spacial score (nSPS) is 17.0. The van der Waals surface area contributed by atoms with Crippen molar-refractivity contribution in [3.63, 3.8) is 0 Å². The average Bonchev–Trinajstić information content (AvgIpc) is 3.11. The third-order valence-electron chi connectivity index (χ3n) is 7.79. The third-order valence-corrected chi connectivity index (χ3v) is 7.79. The van der Waals surface area contributed by atoms with Gasteiger partial charge in [0, 0.05) is 43.4 Å². The fraction of sp³-hybridized carbons (Fsp3) is 0.722. The molecule has 2 amide bonds. The largest absolute Gasteiger partial charge is 0.469 e. The maximum atomic E-state index is 12.6. The Bertz CT molecular complexity index is 1080. The molecule has 0 aromatic rings. The van der Waals surface area contributed by atoms with Crippen LogP contribution in [0.4, 0.5) is 0 Å². The highest BCUT2D eigenvalue weighted by atomic mass is 16.5. The second-order valence-electron chi connectivity index (χ2n) is 11.8. The third kappa shape index (κ3) is 24.1. The molecule has 0 aromatic carbocycles. The molecule has 0 radical (unpaired) electrons. The predicted octanol–water partition coefficient (Wildman–Crippen LogP) is 4.19. The molecule has 1 aliphatic carbocycles. The van der Waals surface area contributed by atoms with Gasteiger partial charge < -0.3 is 30.0 Å². The van der Waals surface area contributed by atoms with Crippen LogP contribution in [0, 0.1) is 23.7 Å². The van der Waals surface area contributed by atoms with Crippen molar-refractivity contribution in [3.8, 4) is 0 Å². The molecule has 0 spiro atoms. The van der Waals surface area contributed by atoms with Gasteiger partial charge in [0.15, 0.2) is 0 Å². The zero-order chi connectivity index (χ0) is 39.4. The minimum atomic E-state index is -1.02. The van der Waals surface area contributed by atoms with Crippen molar-refractivity contribution >= 4 is 47.3 Å². The second kappa shape index (κ2) is 29.8. The van der Waals surface area contributed by atoms with E-state index in [1.54, 1.807) is 6.92 Å². The number of hydrogen-bond donors (Lipinski definition) is 2. The Morgan fingerprint density at radius 2 is 1.22 bits per heavy atom. The van der Waals surface area contributed by atoms with Crippen molar-refractivity contribution in [2.45, 2.75) is 118 Å². The van der Waals surface area contributed by atoms with E-state index in [1.807, 2.05) is 27.7 Å². The van der Waals surface area contributed by atoms with E-state index in [2.05, 4.69) is 30.8 Å². The van der Waals surface area contributed by atoms with Gasteiger partial charge in [0.05, 0.1) is 34.4 Å². The number of carbonyl (C=O) groups excluding carboxylic acids is 8. The highest BCUT2D eigenvalue weighted by Crippen LogP contribution is 2.34. The summed E-state index contributed by atoms with van der Waals surface area (Å²) in [6.45, 7) is 14.7. The number of esters is 4. The quantitative estimate of drug-likeness (QED) is 0.123. The highest BCUT2D eigenvalue weighted by Gasteiger charge is 2.38. The SMILES string of the molecule is C=C(C)CCCC(=O)OC.CC.CCC(=O)CC[C@H](C)C(=O)OC.COC(=O)CC[C@H](NC(=O)C1CC(C(C)=O)CC(C(N)=O)C1)C(=O)OC. The maximum Gasteiger partial charge on any atom is 0.328 e. The first-order chi connectivity index (χ1) is 23.5. The van der Waals surface area contributed by atoms with Crippen LogP contribution in [-0.4, -0.2) is 81.7 Å². The van der Waals surface area contributed by atoms with E-state index in [9.17, 15) is 38.4 Å². The van der Waals surface area contributed by atoms with Crippen molar-refractivity contribution in [1.82, 2.24) is 5.32 Å². The van der Waals surface area contributed by atoms with Crippen LogP contribution in [0.5, 0.6) is 0 Å². The van der Waals surface area contributed by atoms with Gasteiger partial charge in [-0.05, 0) is 58.8 Å². The number of hydrogen-bond acceptors (Lipinski definition) is 12. The number of primary amides is 1. The van der Waals surface area contributed by atoms with Crippen LogP contribution in [-0.2, 0) is 57.3 Å². The number of rotatable bonds is 17. The molecular weight excluding hydrogens is 652 g/mol. The zero-order valence-electron chi connectivity index (χ0n) is 31.8. The first kappa shape index (κ1) is 50.3. The lowest BCUT2D eigenvalue weighted by Crippen LogP contribution is -2.47.